The number of hydrogen-bond donors (Lipinski definition) is 4. The van der Waals surface area contributed by atoms with Crippen molar-refractivity contribution in [3.8, 4) is 33.6 Å². The van der Waals surface area contributed by atoms with Crippen molar-refractivity contribution in [2.75, 3.05) is 27.3 Å². The molecule has 2 fully saturated rings. The predicted molar refractivity (Wildman–Crippen MR) is 220 cm³/mol. The van der Waals surface area contributed by atoms with Gasteiger partial charge in [0.25, 0.3) is 0 Å². The molecule has 332 valence electrons. The first kappa shape index (κ1) is 44.1. The zero-order chi connectivity index (χ0) is 45.1. The third-order valence-corrected chi connectivity index (χ3v) is 12.0. The third kappa shape index (κ3) is 7.87. The lowest BCUT2D eigenvalue weighted by Gasteiger charge is -2.35. The number of amides is 4. The van der Waals surface area contributed by atoms with E-state index >= 15 is 17.6 Å². The van der Waals surface area contributed by atoms with E-state index in [0.717, 1.165) is 12.1 Å². The maximum atomic E-state index is 16.2. The first-order chi connectivity index (χ1) is 29.1. The lowest BCUT2D eigenvalue weighted by atomic mass is 9.79. The summed E-state index contributed by atoms with van der Waals surface area (Å²) < 4.78 is 74.3. The first-order valence-electron chi connectivity index (χ1n) is 20.5. The van der Waals surface area contributed by atoms with Crippen molar-refractivity contribution in [3.05, 3.63) is 71.6 Å². The molecular formula is C44H52F4N8O6. The molecule has 0 unspecified atom stereocenters. The molecule has 0 bridgehead atoms. The van der Waals surface area contributed by atoms with E-state index in [9.17, 15) is 19.2 Å². The monoisotopic (exact) mass is 864 g/mol. The van der Waals surface area contributed by atoms with Gasteiger partial charge in [-0.05, 0) is 59.8 Å². The number of rotatable bonds is 8. The highest BCUT2D eigenvalue weighted by atomic mass is 19.3. The number of fused-ring (bicyclic) bond motifs is 3. The molecular weight excluding hydrogens is 813 g/mol. The Bertz CT molecular complexity index is 2220. The molecule has 4 aromatic rings. The van der Waals surface area contributed by atoms with Gasteiger partial charge in [-0.25, -0.2) is 19.6 Å². The summed E-state index contributed by atoms with van der Waals surface area (Å²) in [6.07, 6.45) is 3.76. The van der Waals surface area contributed by atoms with Gasteiger partial charge in [0.05, 0.1) is 50.1 Å². The van der Waals surface area contributed by atoms with Crippen molar-refractivity contribution in [3.63, 3.8) is 0 Å². The van der Waals surface area contributed by atoms with Crippen LogP contribution in [0.25, 0.3) is 33.6 Å². The van der Waals surface area contributed by atoms with Crippen LogP contribution in [0.15, 0.2) is 48.8 Å². The van der Waals surface area contributed by atoms with Gasteiger partial charge in [-0.2, -0.15) is 17.6 Å². The number of nitrogens with zero attached hydrogens (tertiary/aromatic N) is 4. The molecule has 4 N–H and O–H groups in total. The number of aromatic amines is 2. The van der Waals surface area contributed by atoms with Gasteiger partial charge >= 0.3 is 24.0 Å². The molecule has 2 saturated heterocycles. The largest absolute Gasteiger partial charge is 0.453 e. The van der Waals surface area contributed by atoms with Crippen LogP contribution in [-0.2, 0) is 30.9 Å². The number of methoxy groups -OCH3 is 2. The van der Waals surface area contributed by atoms with Crippen LogP contribution in [0.1, 0.15) is 102 Å². The number of H-pyrrole nitrogens is 2. The summed E-state index contributed by atoms with van der Waals surface area (Å²) in [7, 11) is 2.42. The number of hydrogen-bond acceptors (Lipinski definition) is 8. The summed E-state index contributed by atoms with van der Waals surface area (Å²) in [5.74, 6) is -9.10. The van der Waals surface area contributed by atoms with E-state index in [1.807, 2.05) is 41.5 Å². The summed E-state index contributed by atoms with van der Waals surface area (Å²) in [6.45, 7) is 11.7. The maximum Gasteiger partial charge on any atom is 0.407 e. The summed E-state index contributed by atoms with van der Waals surface area (Å²) in [6, 6.07) is 5.17. The van der Waals surface area contributed by atoms with Crippen molar-refractivity contribution in [1.29, 1.82) is 0 Å². The van der Waals surface area contributed by atoms with Gasteiger partial charge < -0.3 is 39.9 Å². The molecule has 3 aliphatic rings. The number of aromatic nitrogens is 4. The highest BCUT2D eigenvalue weighted by Gasteiger charge is 2.63. The van der Waals surface area contributed by atoms with Crippen LogP contribution < -0.4 is 10.6 Å². The smallest absolute Gasteiger partial charge is 0.407 e. The number of ether oxygens (including phenoxy) is 2. The van der Waals surface area contributed by atoms with Crippen LogP contribution in [0.2, 0.25) is 0 Å². The summed E-state index contributed by atoms with van der Waals surface area (Å²) >= 11 is 0. The fraction of sp³-hybridized carbons (Fsp3) is 0.500. The van der Waals surface area contributed by atoms with E-state index in [0.29, 0.717) is 61.8 Å². The molecule has 18 heteroatoms. The van der Waals surface area contributed by atoms with E-state index in [2.05, 4.69) is 30.6 Å². The van der Waals surface area contributed by atoms with E-state index in [1.54, 1.807) is 21.9 Å². The standard InChI is InChI=1S/C44H52F4N8O6/c1-41(2,3)33(53-39(59)61-7)37(57)55-17-9-11-31(55)35-49-21-29(51-35)23-13-15-25-26-16-14-24(20-28(26)44(47,48)43(45,46)27(25)19-23)30-22-50-36(52-30)32-12-10-18-56(32)38(58)34(42(4,5)6)54-40(60)62-8/h13-16,19-22,31-34H,9-12,17-18H2,1-8H3,(H,49,51)(H,50,52)(H,53,59)(H,54,60)/t31-,32-,33+,34+/m0/s1. The minimum Gasteiger partial charge on any atom is -0.453 e. The van der Waals surface area contributed by atoms with Gasteiger partial charge in [0.2, 0.25) is 11.8 Å². The van der Waals surface area contributed by atoms with Crippen LogP contribution in [0, 0.1) is 10.8 Å². The zero-order valence-corrected chi connectivity index (χ0v) is 35.9. The van der Waals surface area contributed by atoms with E-state index < -0.39 is 70.2 Å². The average Bonchev–Trinajstić information content (AvgIpc) is 4.06. The molecule has 7 rings (SSSR count). The lowest BCUT2D eigenvalue weighted by Crippen LogP contribution is -2.54. The Hall–Kier alpha value is -5.94. The fourth-order valence-electron chi connectivity index (χ4n) is 8.67. The van der Waals surface area contributed by atoms with Crippen molar-refractivity contribution < 1.29 is 46.2 Å². The fourth-order valence-corrected chi connectivity index (χ4v) is 8.67. The SMILES string of the molecule is COC(=O)N[C@H](C(=O)N1CCC[C@H]1c1ncc(-c2ccc3c(c2)C(F)(F)C(F)(F)c2cc(-c4cnc([C@@H]5CCCN5C(=O)[C@@H](NC(=O)OC)C(C)(C)C)[nH]4)ccc2-3)[nH]1)C(C)(C)C. The second-order valence-electron chi connectivity index (χ2n) is 18.3. The van der Waals surface area contributed by atoms with Gasteiger partial charge in [-0.1, -0.05) is 65.8 Å². The Morgan fingerprint density at radius 1 is 0.677 bits per heavy atom. The molecule has 1 aliphatic carbocycles. The molecule has 4 heterocycles. The number of nitrogens with one attached hydrogen (secondary N) is 4. The van der Waals surface area contributed by atoms with Crippen molar-refractivity contribution in [1.82, 2.24) is 40.4 Å². The van der Waals surface area contributed by atoms with Crippen LogP contribution >= 0.6 is 0 Å². The number of benzene rings is 2. The lowest BCUT2D eigenvalue weighted by molar-refractivity contribution is -0.225. The average molecular weight is 865 g/mol. The number of carbonyl (C=O) groups excluding carboxylic acids is 4. The van der Waals surface area contributed by atoms with Crippen molar-refractivity contribution in [2.24, 2.45) is 10.8 Å². The summed E-state index contributed by atoms with van der Waals surface area (Å²) in [5, 5.41) is 5.26. The second kappa shape index (κ2) is 16.1. The van der Waals surface area contributed by atoms with Crippen LogP contribution in [0.4, 0.5) is 27.2 Å². The van der Waals surface area contributed by atoms with E-state index in [4.69, 9.17) is 9.47 Å². The van der Waals surface area contributed by atoms with Crippen LogP contribution in [0.5, 0.6) is 0 Å². The predicted octanol–water partition coefficient (Wildman–Crippen LogP) is 8.20. The number of alkyl halides is 4. The Morgan fingerprint density at radius 2 is 1.05 bits per heavy atom. The zero-order valence-electron chi connectivity index (χ0n) is 35.9. The Labute approximate surface area is 356 Å². The van der Waals surface area contributed by atoms with Gasteiger partial charge in [-0.15, -0.1) is 0 Å². The molecule has 2 aromatic heterocycles. The molecule has 4 amide bonds. The van der Waals surface area contributed by atoms with E-state index in [-0.39, 0.29) is 34.1 Å². The Kier molecular flexibility index (Phi) is 11.4. The quantitative estimate of drug-likeness (QED) is 0.128. The third-order valence-electron chi connectivity index (χ3n) is 12.0. The van der Waals surface area contributed by atoms with Gasteiger partial charge in [0, 0.05) is 35.3 Å². The summed E-state index contributed by atoms with van der Waals surface area (Å²) in [5.41, 5.74) is -2.11. The normalized spacial score (nSPS) is 20.2. The number of carbonyl (C=O) groups is 4. The molecule has 62 heavy (non-hydrogen) atoms. The van der Waals surface area contributed by atoms with Gasteiger partial charge in [0.1, 0.15) is 23.7 Å². The number of imidazole rings is 2. The van der Waals surface area contributed by atoms with Crippen LogP contribution in [0.3, 0.4) is 0 Å². The molecule has 14 nitrogen and oxygen atoms in total. The Balaban J connectivity index is 1.15. The number of halogens is 4. The number of alkyl carbamates (subject to hydrolysis) is 2. The summed E-state index contributed by atoms with van der Waals surface area (Å²) in [4.78, 5) is 70.3. The van der Waals surface area contributed by atoms with Gasteiger partial charge in [-0.3, -0.25) is 9.59 Å². The Morgan fingerprint density at radius 3 is 1.39 bits per heavy atom. The van der Waals surface area contributed by atoms with Gasteiger partial charge in [0.15, 0.2) is 0 Å². The molecule has 2 aromatic carbocycles. The molecule has 0 spiro atoms. The highest BCUT2D eigenvalue weighted by Crippen LogP contribution is 2.58. The first-order valence-corrected chi connectivity index (χ1v) is 20.5. The van der Waals surface area contributed by atoms with E-state index in [1.165, 1.54) is 38.7 Å². The highest BCUT2D eigenvalue weighted by molar-refractivity contribution is 5.88. The number of likely N-dealkylation sites (tertiary alicyclic amines) is 2. The second-order valence-corrected chi connectivity index (χ2v) is 18.3. The van der Waals surface area contributed by atoms with Crippen LogP contribution in [-0.4, -0.2) is 93.1 Å². The molecule has 0 saturated carbocycles. The van der Waals surface area contributed by atoms with Crippen molar-refractivity contribution in [2.45, 2.75) is 103 Å². The molecule has 2 aliphatic heterocycles. The maximum absolute atomic E-state index is 16.2. The minimum absolute atomic E-state index is 0.0516. The van der Waals surface area contributed by atoms with Crippen molar-refractivity contribution >= 4 is 24.0 Å². The molecule has 4 atom stereocenters. The topological polar surface area (TPSA) is 175 Å². The molecule has 0 radical (unpaired) electrons. The minimum atomic E-state index is -4.61.